The first-order valence-electron chi connectivity index (χ1n) is 4.31. The van der Waals surface area contributed by atoms with E-state index in [1.807, 2.05) is 0 Å². The largest absolute Gasteiger partial charge is 0.392 e. The van der Waals surface area contributed by atoms with Crippen molar-refractivity contribution in [1.29, 1.82) is 0 Å². The Morgan fingerprint density at radius 1 is 1.69 bits per heavy atom. The lowest BCUT2D eigenvalue weighted by molar-refractivity contribution is 0.578. The van der Waals surface area contributed by atoms with Gasteiger partial charge in [-0.2, -0.15) is 0 Å². The van der Waals surface area contributed by atoms with Crippen LogP contribution in [0.1, 0.15) is 11.8 Å². The molecule has 1 unspecified atom stereocenters. The molecule has 0 spiro atoms. The van der Waals surface area contributed by atoms with Crippen LogP contribution in [0, 0.1) is 6.92 Å². The zero-order chi connectivity index (χ0) is 12.5. The van der Waals surface area contributed by atoms with Crippen LogP contribution in [0.5, 0.6) is 0 Å². The summed E-state index contributed by atoms with van der Waals surface area (Å²) in [5.41, 5.74) is 5.36. The van der Waals surface area contributed by atoms with Crippen LogP contribution in [0.2, 0.25) is 0 Å². The third-order valence-electron chi connectivity index (χ3n) is 1.89. The van der Waals surface area contributed by atoms with Gasteiger partial charge in [0.15, 0.2) is 0 Å². The van der Waals surface area contributed by atoms with Crippen molar-refractivity contribution in [3.8, 4) is 0 Å². The Bertz CT molecular complexity index is 509. The number of nitrogens with one attached hydrogen (secondary N) is 1. The average molecular weight is 343 g/mol. The Hall–Kier alpha value is -0.0200. The van der Waals surface area contributed by atoms with E-state index in [9.17, 15) is 8.42 Å². The Morgan fingerprint density at radius 3 is 2.62 bits per heavy atom. The number of hydrogen-bond donors (Lipinski definition) is 2. The molecule has 1 aromatic rings. The van der Waals surface area contributed by atoms with Crippen molar-refractivity contribution in [2.45, 2.75) is 24.8 Å². The van der Waals surface area contributed by atoms with Crippen LogP contribution in [-0.4, -0.2) is 19.4 Å². The molecule has 90 valence electrons. The molecule has 3 N–H and O–H groups in total. The summed E-state index contributed by atoms with van der Waals surface area (Å²) in [6.45, 7) is 3.35. The highest BCUT2D eigenvalue weighted by molar-refractivity contribution is 9.11. The minimum Gasteiger partial charge on any atom is -0.392 e. The van der Waals surface area contributed by atoms with Crippen LogP contribution in [0.15, 0.2) is 14.7 Å². The van der Waals surface area contributed by atoms with Gasteiger partial charge in [0.2, 0.25) is 10.0 Å². The first-order chi connectivity index (χ1) is 7.24. The van der Waals surface area contributed by atoms with Crippen LogP contribution in [0.3, 0.4) is 0 Å². The van der Waals surface area contributed by atoms with Crippen molar-refractivity contribution in [3.63, 3.8) is 0 Å². The van der Waals surface area contributed by atoms with Crippen molar-refractivity contribution in [2.75, 3.05) is 0 Å². The fourth-order valence-corrected chi connectivity index (χ4v) is 4.82. The fraction of sp³-hybridized carbons (Fsp3) is 0.375. The van der Waals surface area contributed by atoms with Gasteiger partial charge in [0.05, 0.1) is 19.7 Å². The number of thiocarbonyl (C=S) groups is 1. The van der Waals surface area contributed by atoms with Crippen molar-refractivity contribution >= 4 is 54.5 Å². The molecule has 0 aromatic carbocycles. The second kappa shape index (κ2) is 5.09. The molecule has 1 aromatic heterocycles. The van der Waals surface area contributed by atoms with Crippen molar-refractivity contribution in [3.05, 3.63) is 14.7 Å². The van der Waals surface area contributed by atoms with Crippen LogP contribution in [0.25, 0.3) is 0 Å². The quantitative estimate of drug-likeness (QED) is 0.818. The van der Waals surface area contributed by atoms with Crippen molar-refractivity contribution in [1.82, 2.24) is 4.72 Å². The monoisotopic (exact) mass is 342 g/mol. The molecule has 16 heavy (non-hydrogen) atoms. The van der Waals surface area contributed by atoms with Gasteiger partial charge in [-0.3, -0.25) is 0 Å². The maximum Gasteiger partial charge on any atom is 0.242 e. The smallest absolute Gasteiger partial charge is 0.242 e. The number of sulfonamides is 1. The van der Waals surface area contributed by atoms with Gasteiger partial charge in [-0.25, -0.2) is 13.1 Å². The second-order valence-electron chi connectivity index (χ2n) is 3.22. The van der Waals surface area contributed by atoms with Gasteiger partial charge in [-0.15, -0.1) is 11.3 Å². The Labute approximate surface area is 112 Å². The van der Waals surface area contributed by atoms with Crippen LogP contribution in [-0.2, 0) is 10.0 Å². The summed E-state index contributed by atoms with van der Waals surface area (Å²) in [4.78, 5) is 1.09. The number of nitrogens with two attached hydrogens (primary N) is 1. The maximum absolute atomic E-state index is 11.9. The molecule has 1 atom stereocenters. The molecule has 0 aliphatic carbocycles. The van der Waals surface area contributed by atoms with E-state index in [2.05, 4.69) is 20.7 Å². The number of aryl methyl sites for hydroxylation is 1. The van der Waals surface area contributed by atoms with Gasteiger partial charge in [0.1, 0.15) is 0 Å². The van der Waals surface area contributed by atoms with E-state index in [4.69, 9.17) is 18.0 Å². The molecule has 0 aliphatic rings. The molecule has 0 aliphatic heterocycles. The molecule has 0 amide bonds. The Balaban J connectivity index is 3.03. The molecule has 0 saturated heterocycles. The SMILES string of the molecule is Cc1sc(Br)cc1S(=O)(=O)NC(C)C(N)=S. The highest BCUT2D eigenvalue weighted by Crippen LogP contribution is 2.29. The standard InChI is InChI=1S/C8H11BrN2O2S3/c1-4(8(10)14)11-16(12,13)6-3-7(9)15-5(6)2/h3-4,11H,1-2H3,(H2,10,14). The third kappa shape index (κ3) is 3.24. The van der Waals surface area contributed by atoms with Gasteiger partial charge in [0.25, 0.3) is 0 Å². The van der Waals surface area contributed by atoms with Crippen molar-refractivity contribution in [2.24, 2.45) is 5.73 Å². The molecule has 1 heterocycles. The molecule has 0 radical (unpaired) electrons. The summed E-state index contributed by atoms with van der Waals surface area (Å²) in [6, 6.07) is 1.01. The van der Waals surface area contributed by atoms with Gasteiger partial charge in [0, 0.05) is 4.88 Å². The molecule has 0 bridgehead atoms. The number of rotatable bonds is 4. The maximum atomic E-state index is 11.9. The summed E-state index contributed by atoms with van der Waals surface area (Å²) in [6.07, 6.45) is 0. The van der Waals surface area contributed by atoms with Crippen LogP contribution < -0.4 is 10.5 Å². The lowest BCUT2D eigenvalue weighted by Crippen LogP contribution is -2.41. The summed E-state index contributed by atoms with van der Waals surface area (Å²) in [5, 5.41) is 0. The highest BCUT2D eigenvalue weighted by atomic mass is 79.9. The van der Waals surface area contributed by atoms with E-state index in [-0.39, 0.29) is 9.88 Å². The van der Waals surface area contributed by atoms with E-state index in [0.29, 0.717) is 0 Å². The first kappa shape index (κ1) is 14.0. The van der Waals surface area contributed by atoms with Crippen LogP contribution >= 0.6 is 39.5 Å². The zero-order valence-corrected chi connectivity index (χ0v) is 12.7. The van der Waals surface area contributed by atoms with E-state index < -0.39 is 16.1 Å². The Kier molecular flexibility index (Phi) is 4.47. The minimum atomic E-state index is -3.55. The summed E-state index contributed by atoms with van der Waals surface area (Å²) in [5.74, 6) is 0. The topological polar surface area (TPSA) is 72.2 Å². The highest BCUT2D eigenvalue weighted by Gasteiger charge is 2.22. The summed E-state index contributed by atoms with van der Waals surface area (Å²) in [7, 11) is -3.55. The molecule has 8 heteroatoms. The predicted octanol–water partition coefficient (Wildman–Crippen LogP) is 1.77. The number of halogens is 1. The van der Waals surface area contributed by atoms with Crippen LogP contribution in [0.4, 0.5) is 0 Å². The first-order valence-corrected chi connectivity index (χ1v) is 7.81. The molecule has 0 fully saturated rings. The number of thiophene rings is 1. The van der Waals surface area contributed by atoms with E-state index >= 15 is 0 Å². The van der Waals surface area contributed by atoms with Gasteiger partial charge >= 0.3 is 0 Å². The molecular formula is C8H11BrN2O2S3. The lowest BCUT2D eigenvalue weighted by atomic mass is 10.4. The second-order valence-corrected chi connectivity index (χ2v) is 8.01. The van der Waals surface area contributed by atoms with Gasteiger partial charge in [-0.1, -0.05) is 12.2 Å². The van der Waals surface area contributed by atoms with E-state index in [1.54, 1.807) is 19.9 Å². The van der Waals surface area contributed by atoms with Gasteiger partial charge in [-0.05, 0) is 35.8 Å². The lowest BCUT2D eigenvalue weighted by Gasteiger charge is -2.12. The summed E-state index contributed by atoms with van der Waals surface area (Å²) >= 11 is 9.33. The normalized spacial score (nSPS) is 13.7. The minimum absolute atomic E-state index is 0.121. The van der Waals surface area contributed by atoms with Crippen molar-refractivity contribution < 1.29 is 8.42 Å². The molecule has 4 nitrogen and oxygen atoms in total. The Morgan fingerprint density at radius 2 is 2.25 bits per heavy atom. The molecular weight excluding hydrogens is 332 g/mol. The van der Waals surface area contributed by atoms with E-state index in [0.717, 1.165) is 8.66 Å². The molecule has 1 rings (SSSR count). The fourth-order valence-electron chi connectivity index (χ4n) is 1.05. The number of hydrogen-bond acceptors (Lipinski definition) is 4. The van der Waals surface area contributed by atoms with E-state index in [1.165, 1.54) is 11.3 Å². The summed E-state index contributed by atoms with van der Waals surface area (Å²) < 4.78 is 27.1. The third-order valence-corrected chi connectivity index (χ3v) is 5.59. The van der Waals surface area contributed by atoms with Gasteiger partial charge < -0.3 is 5.73 Å². The zero-order valence-electron chi connectivity index (χ0n) is 8.65. The average Bonchev–Trinajstić information content (AvgIpc) is 2.45. The predicted molar refractivity (Wildman–Crippen MR) is 73.3 cm³/mol. The molecule has 0 saturated carbocycles.